The second-order valence-corrected chi connectivity index (χ2v) is 5.50. The fourth-order valence-corrected chi connectivity index (χ4v) is 2.60. The number of hydrogen-bond acceptors (Lipinski definition) is 6. The van der Waals surface area contributed by atoms with E-state index in [0.717, 1.165) is 10.9 Å². The molecule has 1 aromatic carbocycles. The summed E-state index contributed by atoms with van der Waals surface area (Å²) in [5, 5.41) is 3.79. The van der Waals surface area contributed by atoms with Crippen molar-refractivity contribution in [2.24, 2.45) is 5.84 Å². The largest absolute Gasteiger partial charge is 0.352 e. The molecule has 7 nitrogen and oxygen atoms in total. The lowest BCUT2D eigenvalue weighted by Gasteiger charge is -2.42. The molecule has 0 aliphatic carbocycles. The number of nitrogens with zero attached hydrogens (tertiary/aromatic N) is 3. The zero-order valence-corrected chi connectivity index (χ0v) is 12.1. The summed E-state index contributed by atoms with van der Waals surface area (Å²) >= 11 is 0. The number of hydrogen-bond donors (Lipinski definition) is 3. The van der Waals surface area contributed by atoms with Crippen LogP contribution in [0.4, 0.5) is 11.8 Å². The predicted octanol–water partition coefficient (Wildman–Crippen LogP) is 0.630. The molecule has 4 N–H and O–H groups in total. The molecule has 2 aromatic rings. The maximum atomic E-state index is 12.2. The Balaban J connectivity index is 2.21. The Labute approximate surface area is 122 Å². The molecular formula is C14H18N6O. The van der Waals surface area contributed by atoms with Crippen LogP contribution >= 0.6 is 0 Å². The highest BCUT2D eigenvalue weighted by atomic mass is 16.2. The number of benzene rings is 1. The predicted molar refractivity (Wildman–Crippen MR) is 81.8 cm³/mol. The smallest absolute Gasteiger partial charge is 0.245 e. The first-order valence-corrected chi connectivity index (χ1v) is 6.83. The second kappa shape index (κ2) is 4.85. The van der Waals surface area contributed by atoms with E-state index in [0.29, 0.717) is 24.9 Å². The quantitative estimate of drug-likeness (QED) is 0.553. The number of rotatable bonds is 2. The SMILES string of the molecule is CC1(C)C(=O)NCCN1c1nc(NN)nc2ccccc12. The van der Waals surface area contributed by atoms with E-state index in [-0.39, 0.29) is 5.91 Å². The van der Waals surface area contributed by atoms with Crippen molar-refractivity contribution in [1.82, 2.24) is 15.3 Å². The normalized spacial score (nSPS) is 17.7. The van der Waals surface area contributed by atoms with Gasteiger partial charge in [0.05, 0.1) is 5.52 Å². The van der Waals surface area contributed by atoms with Gasteiger partial charge in [-0.2, -0.15) is 4.98 Å². The van der Waals surface area contributed by atoms with Crippen LogP contribution < -0.4 is 21.5 Å². The summed E-state index contributed by atoms with van der Waals surface area (Å²) in [4.78, 5) is 23.0. The van der Waals surface area contributed by atoms with Crippen LogP contribution in [0.2, 0.25) is 0 Å². The van der Waals surface area contributed by atoms with E-state index in [9.17, 15) is 4.79 Å². The highest BCUT2D eigenvalue weighted by molar-refractivity contribution is 5.96. The first-order valence-electron chi connectivity index (χ1n) is 6.83. The standard InChI is InChI=1S/C14H18N6O/c1-14(2)12(21)16-7-8-20(14)11-9-5-3-4-6-10(9)17-13(18-11)19-15/h3-6H,7-8,15H2,1-2H3,(H,16,21)(H,17,18,19). The molecule has 0 spiro atoms. The van der Waals surface area contributed by atoms with Crippen molar-refractivity contribution in [2.75, 3.05) is 23.4 Å². The number of nitrogen functional groups attached to an aromatic ring is 1. The molecule has 1 amide bonds. The van der Waals surface area contributed by atoms with Gasteiger partial charge in [0, 0.05) is 18.5 Å². The lowest BCUT2D eigenvalue weighted by Crippen LogP contribution is -2.62. The highest BCUT2D eigenvalue weighted by Crippen LogP contribution is 2.31. The summed E-state index contributed by atoms with van der Waals surface area (Å²) in [5.74, 6) is 6.50. The number of amides is 1. The number of fused-ring (bicyclic) bond motifs is 1. The zero-order valence-electron chi connectivity index (χ0n) is 12.1. The number of aromatic nitrogens is 2. The van der Waals surface area contributed by atoms with Crippen molar-refractivity contribution in [2.45, 2.75) is 19.4 Å². The number of para-hydroxylation sites is 1. The molecule has 21 heavy (non-hydrogen) atoms. The van der Waals surface area contributed by atoms with Crippen LogP contribution in [-0.4, -0.2) is 34.5 Å². The molecular weight excluding hydrogens is 268 g/mol. The van der Waals surface area contributed by atoms with Crippen LogP contribution in [0.5, 0.6) is 0 Å². The van der Waals surface area contributed by atoms with Gasteiger partial charge in [-0.25, -0.2) is 10.8 Å². The van der Waals surface area contributed by atoms with E-state index in [1.807, 2.05) is 43.0 Å². The van der Waals surface area contributed by atoms with Gasteiger partial charge < -0.3 is 10.2 Å². The van der Waals surface area contributed by atoms with E-state index < -0.39 is 5.54 Å². The van der Waals surface area contributed by atoms with Gasteiger partial charge in [0.2, 0.25) is 11.9 Å². The maximum Gasteiger partial charge on any atom is 0.245 e. The van der Waals surface area contributed by atoms with Crippen molar-refractivity contribution in [3.05, 3.63) is 24.3 Å². The molecule has 1 aliphatic rings. The summed E-state index contributed by atoms with van der Waals surface area (Å²) in [6.07, 6.45) is 0. The summed E-state index contributed by atoms with van der Waals surface area (Å²) in [5.41, 5.74) is 2.60. The van der Waals surface area contributed by atoms with Crippen LogP contribution in [0.1, 0.15) is 13.8 Å². The summed E-state index contributed by atoms with van der Waals surface area (Å²) in [7, 11) is 0. The lowest BCUT2D eigenvalue weighted by molar-refractivity contribution is -0.126. The molecule has 0 atom stereocenters. The van der Waals surface area contributed by atoms with Crippen LogP contribution in [0.3, 0.4) is 0 Å². The Morgan fingerprint density at radius 2 is 2.10 bits per heavy atom. The topological polar surface area (TPSA) is 96.2 Å². The number of nitrogens with one attached hydrogen (secondary N) is 2. The van der Waals surface area contributed by atoms with Gasteiger partial charge in [-0.3, -0.25) is 10.2 Å². The molecule has 0 bridgehead atoms. The van der Waals surface area contributed by atoms with Crippen molar-refractivity contribution in [3.8, 4) is 0 Å². The third-order valence-corrected chi connectivity index (χ3v) is 3.82. The molecule has 1 saturated heterocycles. The van der Waals surface area contributed by atoms with E-state index >= 15 is 0 Å². The summed E-state index contributed by atoms with van der Waals surface area (Å²) in [6, 6.07) is 7.70. The molecule has 1 fully saturated rings. The fraction of sp³-hybridized carbons (Fsp3) is 0.357. The minimum atomic E-state index is -0.679. The van der Waals surface area contributed by atoms with Crippen molar-refractivity contribution in [1.29, 1.82) is 0 Å². The van der Waals surface area contributed by atoms with E-state index in [2.05, 4.69) is 20.7 Å². The van der Waals surface area contributed by atoms with Crippen LogP contribution in [0.25, 0.3) is 10.9 Å². The van der Waals surface area contributed by atoms with Gasteiger partial charge >= 0.3 is 0 Å². The molecule has 2 heterocycles. The highest BCUT2D eigenvalue weighted by Gasteiger charge is 2.39. The Morgan fingerprint density at radius 3 is 2.86 bits per heavy atom. The zero-order chi connectivity index (χ0) is 15.0. The van der Waals surface area contributed by atoms with Gasteiger partial charge in [-0.1, -0.05) is 12.1 Å². The number of hydrazine groups is 1. The third kappa shape index (κ3) is 2.15. The fourth-order valence-electron chi connectivity index (χ4n) is 2.60. The van der Waals surface area contributed by atoms with E-state index in [1.165, 1.54) is 0 Å². The molecule has 1 aromatic heterocycles. The molecule has 110 valence electrons. The Hall–Kier alpha value is -2.41. The molecule has 0 saturated carbocycles. The van der Waals surface area contributed by atoms with Gasteiger partial charge in [-0.05, 0) is 26.0 Å². The third-order valence-electron chi connectivity index (χ3n) is 3.82. The van der Waals surface area contributed by atoms with Gasteiger partial charge in [0.1, 0.15) is 11.4 Å². The minimum Gasteiger partial charge on any atom is -0.352 e. The van der Waals surface area contributed by atoms with Gasteiger partial charge in [-0.15, -0.1) is 0 Å². The lowest BCUT2D eigenvalue weighted by atomic mass is 9.98. The van der Waals surface area contributed by atoms with Crippen molar-refractivity contribution < 1.29 is 4.79 Å². The Morgan fingerprint density at radius 1 is 1.33 bits per heavy atom. The number of carbonyl (C=O) groups is 1. The van der Waals surface area contributed by atoms with Crippen molar-refractivity contribution in [3.63, 3.8) is 0 Å². The first kappa shape index (κ1) is 13.6. The van der Waals surface area contributed by atoms with E-state index in [1.54, 1.807) is 0 Å². The summed E-state index contributed by atoms with van der Waals surface area (Å²) < 4.78 is 0. The number of anilines is 2. The molecule has 1 aliphatic heterocycles. The Bertz CT molecular complexity index is 699. The van der Waals surface area contributed by atoms with Gasteiger partial charge in [0.15, 0.2) is 0 Å². The van der Waals surface area contributed by atoms with Crippen LogP contribution in [0, 0.1) is 0 Å². The number of piperazine rings is 1. The van der Waals surface area contributed by atoms with Crippen molar-refractivity contribution >= 4 is 28.6 Å². The average molecular weight is 286 g/mol. The second-order valence-electron chi connectivity index (χ2n) is 5.50. The molecule has 7 heteroatoms. The minimum absolute atomic E-state index is 0.0151. The van der Waals surface area contributed by atoms with Gasteiger partial charge in [0.25, 0.3) is 0 Å². The van der Waals surface area contributed by atoms with Crippen LogP contribution in [-0.2, 0) is 4.79 Å². The summed E-state index contributed by atoms with van der Waals surface area (Å²) in [6.45, 7) is 5.04. The monoisotopic (exact) mass is 286 g/mol. The molecule has 3 rings (SSSR count). The average Bonchev–Trinajstić information content (AvgIpc) is 2.49. The van der Waals surface area contributed by atoms with Crippen LogP contribution in [0.15, 0.2) is 24.3 Å². The molecule has 0 unspecified atom stereocenters. The maximum absolute atomic E-state index is 12.2. The first-order chi connectivity index (χ1) is 10.0. The Kier molecular flexibility index (Phi) is 3.13. The molecule has 0 radical (unpaired) electrons. The number of nitrogens with two attached hydrogens (primary N) is 1. The van der Waals surface area contributed by atoms with E-state index in [4.69, 9.17) is 5.84 Å². The number of carbonyl (C=O) groups excluding carboxylic acids is 1.